The molecule has 0 spiro atoms. The van der Waals surface area contributed by atoms with E-state index in [1.807, 2.05) is 18.2 Å². The number of carbonyl (C=O) groups is 1. The fraction of sp³-hybridized carbons (Fsp3) is 0.0667. The zero-order chi connectivity index (χ0) is 13.7. The van der Waals surface area contributed by atoms with Crippen molar-refractivity contribution in [3.63, 3.8) is 0 Å². The Morgan fingerprint density at radius 3 is 2.74 bits per heavy atom. The van der Waals surface area contributed by atoms with Crippen molar-refractivity contribution in [2.24, 2.45) is 0 Å². The molecule has 0 aliphatic rings. The minimum Gasteiger partial charge on any atom is -0.457 e. The molecule has 3 nitrogen and oxygen atoms in total. The Bertz CT molecular complexity index is 647. The quantitative estimate of drug-likeness (QED) is 0.812. The van der Waals surface area contributed by atoms with Crippen LogP contribution in [-0.2, 0) is 11.3 Å². The zero-order valence-electron chi connectivity index (χ0n) is 9.97. The number of rotatable bonds is 3. The van der Waals surface area contributed by atoms with Gasteiger partial charge >= 0.3 is 5.97 Å². The van der Waals surface area contributed by atoms with Crippen LogP contribution >= 0.6 is 15.9 Å². The van der Waals surface area contributed by atoms with Gasteiger partial charge in [-0.1, -0.05) is 34.1 Å². The van der Waals surface area contributed by atoms with Crippen LogP contribution in [0.15, 0.2) is 53.0 Å². The molecule has 0 atom stereocenters. The molecule has 94 valence electrons. The Morgan fingerprint density at radius 2 is 2.00 bits per heavy atom. The van der Waals surface area contributed by atoms with E-state index in [9.17, 15) is 4.79 Å². The molecule has 2 aromatic carbocycles. The summed E-state index contributed by atoms with van der Waals surface area (Å²) in [5.74, 6) is -0.385. The van der Waals surface area contributed by atoms with E-state index in [1.165, 1.54) is 0 Å². The summed E-state index contributed by atoms with van der Waals surface area (Å²) in [7, 11) is 0. The van der Waals surface area contributed by atoms with Crippen LogP contribution in [0.5, 0.6) is 0 Å². The van der Waals surface area contributed by atoms with E-state index in [4.69, 9.17) is 10.00 Å². The number of hydrogen-bond acceptors (Lipinski definition) is 3. The van der Waals surface area contributed by atoms with Gasteiger partial charge in [-0.05, 0) is 35.9 Å². The molecule has 0 saturated carbocycles. The highest BCUT2D eigenvalue weighted by Gasteiger charge is 2.07. The van der Waals surface area contributed by atoms with Gasteiger partial charge in [0.2, 0.25) is 0 Å². The van der Waals surface area contributed by atoms with Crippen LogP contribution in [0.3, 0.4) is 0 Å². The Labute approximate surface area is 119 Å². The lowest BCUT2D eigenvalue weighted by Gasteiger charge is -2.05. The molecule has 0 aromatic heterocycles. The summed E-state index contributed by atoms with van der Waals surface area (Å²) in [4.78, 5) is 11.8. The van der Waals surface area contributed by atoms with Crippen LogP contribution in [0.4, 0.5) is 0 Å². The largest absolute Gasteiger partial charge is 0.457 e. The molecular formula is C15H10BrNO2. The molecule has 0 saturated heterocycles. The standard InChI is InChI=1S/C15H10BrNO2/c16-14-6-2-5-13(8-14)15(18)19-10-12-4-1-3-11(7-12)9-17/h1-8H,10H2. The number of benzene rings is 2. The van der Waals surface area contributed by atoms with Crippen LogP contribution in [0, 0.1) is 11.3 Å². The van der Waals surface area contributed by atoms with E-state index in [2.05, 4.69) is 15.9 Å². The highest BCUT2D eigenvalue weighted by molar-refractivity contribution is 9.10. The first-order chi connectivity index (χ1) is 9.19. The second kappa shape index (κ2) is 6.17. The fourth-order valence-corrected chi connectivity index (χ4v) is 1.98. The Hall–Kier alpha value is -2.12. The van der Waals surface area contributed by atoms with Gasteiger partial charge in [-0.15, -0.1) is 0 Å². The van der Waals surface area contributed by atoms with Crippen LogP contribution in [-0.4, -0.2) is 5.97 Å². The predicted molar refractivity (Wildman–Crippen MR) is 74.4 cm³/mol. The van der Waals surface area contributed by atoms with Gasteiger partial charge < -0.3 is 4.74 Å². The maximum Gasteiger partial charge on any atom is 0.338 e. The van der Waals surface area contributed by atoms with E-state index >= 15 is 0 Å². The molecule has 0 aliphatic carbocycles. The first kappa shape index (κ1) is 13.3. The average molecular weight is 316 g/mol. The third-order valence-electron chi connectivity index (χ3n) is 2.49. The number of ether oxygens (including phenoxy) is 1. The maximum absolute atomic E-state index is 11.8. The van der Waals surface area contributed by atoms with Crippen molar-refractivity contribution in [2.45, 2.75) is 6.61 Å². The van der Waals surface area contributed by atoms with E-state index in [-0.39, 0.29) is 12.6 Å². The van der Waals surface area contributed by atoms with Crippen LogP contribution in [0.2, 0.25) is 0 Å². The van der Waals surface area contributed by atoms with E-state index in [0.29, 0.717) is 11.1 Å². The number of hydrogen-bond donors (Lipinski definition) is 0. The van der Waals surface area contributed by atoms with Gasteiger partial charge in [0.05, 0.1) is 17.2 Å². The first-order valence-electron chi connectivity index (χ1n) is 5.61. The smallest absolute Gasteiger partial charge is 0.338 e. The molecule has 0 radical (unpaired) electrons. The van der Waals surface area contributed by atoms with Crippen molar-refractivity contribution in [3.8, 4) is 6.07 Å². The number of esters is 1. The molecule has 2 aromatic rings. The van der Waals surface area contributed by atoms with Crippen molar-refractivity contribution >= 4 is 21.9 Å². The maximum atomic E-state index is 11.8. The van der Waals surface area contributed by atoms with E-state index in [1.54, 1.807) is 36.4 Å². The summed E-state index contributed by atoms with van der Waals surface area (Å²) in [6, 6.07) is 16.0. The number of nitriles is 1. The van der Waals surface area contributed by atoms with Crippen molar-refractivity contribution in [2.75, 3.05) is 0 Å². The third-order valence-corrected chi connectivity index (χ3v) is 2.98. The van der Waals surface area contributed by atoms with Crippen molar-refractivity contribution in [3.05, 3.63) is 69.7 Å². The van der Waals surface area contributed by atoms with Crippen LogP contribution in [0.1, 0.15) is 21.5 Å². The molecular weight excluding hydrogens is 306 g/mol. The van der Waals surface area contributed by atoms with Crippen molar-refractivity contribution in [1.82, 2.24) is 0 Å². The van der Waals surface area contributed by atoms with E-state index in [0.717, 1.165) is 10.0 Å². The summed E-state index contributed by atoms with van der Waals surface area (Å²) in [5.41, 5.74) is 1.84. The number of carbonyl (C=O) groups excluding carboxylic acids is 1. The number of halogens is 1. The lowest BCUT2D eigenvalue weighted by atomic mass is 10.1. The summed E-state index contributed by atoms with van der Waals surface area (Å²) < 4.78 is 6.03. The molecule has 19 heavy (non-hydrogen) atoms. The molecule has 0 fully saturated rings. The van der Waals surface area contributed by atoms with Crippen LogP contribution in [0.25, 0.3) is 0 Å². The fourth-order valence-electron chi connectivity index (χ4n) is 1.58. The third kappa shape index (κ3) is 3.67. The van der Waals surface area contributed by atoms with Gasteiger partial charge in [0.1, 0.15) is 6.61 Å². The van der Waals surface area contributed by atoms with Gasteiger partial charge in [-0.3, -0.25) is 0 Å². The van der Waals surface area contributed by atoms with Gasteiger partial charge in [0.15, 0.2) is 0 Å². The number of nitrogens with zero attached hydrogens (tertiary/aromatic N) is 1. The topological polar surface area (TPSA) is 50.1 Å². The minimum atomic E-state index is -0.385. The molecule has 0 unspecified atom stereocenters. The highest BCUT2D eigenvalue weighted by atomic mass is 79.9. The lowest BCUT2D eigenvalue weighted by molar-refractivity contribution is 0.0472. The van der Waals surface area contributed by atoms with Gasteiger partial charge in [-0.2, -0.15) is 5.26 Å². The Kier molecular flexibility index (Phi) is 4.32. The first-order valence-corrected chi connectivity index (χ1v) is 6.40. The summed E-state index contributed by atoms with van der Waals surface area (Å²) in [6.45, 7) is 0.154. The monoisotopic (exact) mass is 315 g/mol. The Morgan fingerprint density at radius 1 is 1.21 bits per heavy atom. The summed E-state index contributed by atoms with van der Waals surface area (Å²) >= 11 is 3.30. The molecule has 0 aliphatic heterocycles. The summed E-state index contributed by atoms with van der Waals surface area (Å²) in [5, 5.41) is 8.79. The minimum absolute atomic E-state index is 0.154. The Balaban J connectivity index is 2.02. The van der Waals surface area contributed by atoms with Crippen LogP contribution < -0.4 is 0 Å². The van der Waals surface area contributed by atoms with Gasteiger partial charge in [0.25, 0.3) is 0 Å². The SMILES string of the molecule is N#Cc1cccc(COC(=O)c2cccc(Br)c2)c1. The highest BCUT2D eigenvalue weighted by Crippen LogP contribution is 2.13. The summed E-state index contributed by atoms with van der Waals surface area (Å²) in [6.07, 6.45) is 0. The predicted octanol–water partition coefficient (Wildman–Crippen LogP) is 3.68. The van der Waals surface area contributed by atoms with Crippen molar-refractivity contribution in [1.29, 1.82) is 5.26 Å². The lowest BCUT2D eigenvalue weighted by Crippen LogP contribution is -2.05. The second-order valence-corrected chi connectivity index (χ2v) is 4.81. The zero-order valence-corrected chi connectivity index (χ0v) is 11.6. The molecule has 0 heterocycles. The second-order valence-electron chi connectivity index (χ2n) is 3.90. The molecule has 2 rings (SSSR count). The molecule has 4 heteroatoms. The van der Waals surface area contributed by atoms with E-state index < -0.39 is 0 Å². The average Bonchev–Trinajstić information content (AvgIpc) is 2.45. The van der Waals surface area contributed by atoms with Crippen molar-refractivity contribution < 1.29 is 9.53 Å². The molecule has 0 N–H and O–H groups in total. The molecule has 0 amide bonds. The van der Waals surface area contributed by atoms with Gasteiger partial charge in [-0.25, -0.2) is 4.79 Å². The molecule has 0 bridgehead atoms. The normalized spacial score (nSPS) is 9.68. The van der Waals surface area contributed by atoms with Gasteiger partial charge in [0, 0.05) is 4.47 Å².